The summed E-state index contributed by atoms with van der Waals surface area (Å²) in [6.45, 7) is 0.806. The normalized spacial score (nSPS) is 22.8. The van der Waals surface area contributed by atoms with Crippen LogP contribution in [0.1, 0.15) is 51.9 Å². The molecular weight excluding hydrogens is 461 g/mol. The Bertz CT molecular complexity index is 841. The van der Waals surface area contributed by atoms with Crippen LogP contribution in [-0.4, -0.2) is 66.5 Å². The number of amides is 4. The minimum absolute atomic E-state index is 0.142. The van der Waals surface area contributed by atoms with Crippen molar-refractivity contribution in [3.05, 3.63) is 0 Å². The second-order valence-corrected chi connectivity index (χ2v) is 9.49. The Morgan fingerprint density at radius 1 is 1.06 bits per heavy atom. The maximum Gasteiger partial charge on any atom is 0.522 e. The van der Waals surface area contributed by atoms with Gasteiger partial charge in [0, 0.05) is 18.0 Å². The number of hydrogen-bond acceptors (Lipinski definition) is 6. The van der Waals surface area contributed by atoms with E-state index >= 15 is 0 Å². The van der Waals surface area contributed by atoms with Gasteiger partial charge >= 0.3 is 18.2 Å². The molecule has 2 saturated carbocycles. The molecule has 0 aromatic rings. The number of ether oxygens (including phenoxy) is 1. The van der Waals surface area contributed by atoms with Crippen LogP contribution >= 0.6 is 0 Å². The number of Topliss-reactive ketones (excluding diaryl/α,β-unsaturated/α-hetero) is 1. The molecule has 1 heterocycles. The number of carbonyl (C=O) groups excluding carboxylic acids is 5. The van der Waals surface area contributed by atoms with Crippen LogP contribution in [0.25, 0.3) is 0 Å². The first-order chi connectivity index (χ1) is 15.8. The van der Waals surface area contributed by atoms with Crippen LogP contribution < -0.4 is 21.3 Å². The van der Waals surface area contributed by atoms with E-state index < -0.39 is 60.0 Å². The topological polar surface area (TPSA) is 143 Å². The van der Waals surface area contributed by atoms with Gasteiger partial charge in [-0.05, 0) is 44.9 Å². The number of rotatable bonds is 11. The largest absolute Gasteiger partial charge is 0.522 e. The van der Waals surface area contributed by atoms with Crippen molar-refractivity contribution in [2.45, 2.75) is 75.9 Å². The summed E-state index contributed by atoms with van der Waals surface area (Å²) in [6, 6.07) is -2.59. The number of halogens is 3. The van der Waals surface area contributed by atoms with Crippen molar-refractivity contribution in [1.82, 2.24) is 21.3 Å². The molecule has 1 aliphatic heterocycles. The maximum absolute atomic E-state index is 13.0. The lowest BCUT2D eigenvalue weighted by molar-refractivity contribution is -0.321. The quantitative estimate of drug-likeness (QED) is 0.302. The molecule has 2 aliphatic carbocycles. The number of nitrogens with one attached hydrogen (secondary N) is 4. The Morgan fingerprint density at radius 2 is 1.74 bits per heavy atom. The highest BCUT2D eigenvalue weighted by Gasteiger charge is 2.41. The van der Waals surface area contributed by atoms with E-state index in [4.69, 9.17) is 0 Å². The summed E-state index contributed by atoms with van der Waals surface area (Å²) in [5.74, 6) is -4.65. The van der Waals surface area contributed by atoms with Gasteiger partial charge in [0.25, 0.3) is 0 Å². The van der Waals surface area contributed by atoms with Crippen LogP contribution in [0.3, 0.4) is 0 Å². The van der Waals surface area contributed by atoms with Crippen LogP contribution in [0.4, 0.5) is 13.2 Å². The predicted molar refractivity (Wildman–Crippen MR) is 110 cm³/mol. The maximum atomic E-state index is 13.0. The molecule has 10 nitrogen and oxygen atoms in total. The molecule has 3 aliphatic rings. The fourth-order valence-corrected chi connectivity index (χ4v) is 3.74. The van der Waals surface area contributed by atoms with Gasteiger partial charge < -0.3 is 21.3 Å². The van der Waals surface area contributed by atoms with Gasteiger partial charge in [-0.25, -0.2) is 0 Å². The predicted octanol–water partition coefficient (Wildman–Crippen LogP) is 0.0565. The van der Waals surface area contributed by atoms with Crippen molar-refractivity contribution >= 4 is 29.4 Å². The average Bonchev–Trinajstić information content (AvgIpc) is 3.66. The Kier molecular flexibility index (Phi) is 7.84. The van der Waals surface area contributed by atoms with Crippen molar-refractivity contribution in [3.63, 3.8) is 0 Å². The van der Waals surface area contributed by atoms with Crippen LogP contribution in [0, 0.1) is 11.8 Å². The molecule has 0 spiro atoms. The molecule has 4 N–H and O–H groups in total. The summed E-state index contributed by atoms with van der Waals surface area (Å²) in [7, 11) is 0. The SMILES string of the molecule is CC1(NC(=O)C(=O)NC(CC2CC2)C(=O)NC(C[C@@H]2CCNC2=O)C(=O)COC(F)(F)F)CC1. The molecule has 0 aromatic carbocycles. The molecule has 0 aromatic heterocycles. The minimum atomic E-state index is -5.04. The molecule has 1 saturated heterocycles. The summed E-state index contributed by atoms with van der Waals surface area (Å²) >= 11 is 0. The minimum Gasteiger partial charge on any atom is -0.356 e. The Hall–Kier alpha value is -2.70. The van der Waals surface area contributed by atoms with Gasteiger partial charge in [-0.3, -0.25) is 28.7 Å². The molecule has 34 heavy (non-hydrogen) atoms. The standard InChI is InChI=1S/C21H29F3N4O6/c1-20(5-6-20)28-19(33)18(32)27-14(8-11-2-3-11)17(31)26-13(9-12-4-7-25-16(12)30)15(29)10-34-21(22,23)24/h11-14H,2-10H2,1H3,(H,25,30)(H,26,31)(H,27,32)(H,28,33)/t12-,13?,14?/m0/s1. The summed E-state index contributed by atoms with van der Waals surface area (Å²) < 4.78 is 40.9. The molecule has 3 rings (SSSR count). The lowest BCUT2D eigenvalue weighted by Crippen LogP contribution is -2.55. The van der Waals surface area contributed by atoms with Crippen LogP contribution in [-0.2, 0) is 28.7 Å². The van der Waals surface area contributed by atoms with E-state index in [9.17, 15) is 37.1 Å². The lowest BCUT2D eigenvalue weighted by Gasteiger charge is -2.24. The molecule has 3 atom stereocenters. The number of alkyl halides is 3. The van der Waals surface area contributed by atoms with Gasteiger partial charge in [-0.15, -0.1) is 13.2 Å². The first-order valence-electron chi connectivity index (χ1n) is 11.3. The van der Waals surface area contributed by atoms with Crippen LogP contribution in [0.15, 0.2) is 0 Å². The summed E-state index contributed by atoms with van der Waals surface area (Å²) in [5.41, 5.74) is -0.444. The molecule has 0 radical (unpaired) electrons. The van der Waals surface area contributed by atoms with Crippen molar-refractivity contribution in [2.24, 2.45) is 11.8 Å². The third kappa shape index (κ3) is 7.96. The van der Waals surface area contributed by atoms with E-state index in [1.54, 1.807) is 6.92 Å². The molecule has 190 valence electrons. The van der Waals surface area contributed by atoms with Gasteiger partial charge in [0.1, 0.15) is 12.6 Å². The summed E-state index contributed by atoms with van der Waals surface area (Å²) in [6.07, 6.45) is -1.55. The summed E-state index contributed by atoms with van der Waals surface area (Å²) in [5, 5.41) is 9.90. The second kappa shape index (κ2) is 10.3. The zero-order chi connectivity index (χ0) is 25.1. The lowest BCUT2D eigenvalue weighted by atomic mass is 9.95. The highest BCUT2D eigenvalue weighted by atomic mass is 19.4. The first-order valence-corrected chi connectivity index (χ1v) is 11.3. The van der Waals surface area contributed by atoms with Gasteiger partial charge in [-0.2, -0.15) is 0 Å². The fraction of sp³-hybridized carbons (Fsp3) is 0.762. The average molecular weight is 490 g/mol. The van der Waals surface area contributed by atoms with E-state index in [-0.39, 0.29) is 24.7 Å². The smallest absolute Gasteiger partial charge is 0.356 e. The Labute approximate surface area is 194 Å². The van der Waals surface area contributed by atoms with Crippen molar-refractivity contribution in [3.8, 4) is 0 Å². The molecular formula is C21H29F3N4O6. The first kappa shape index (κ1) is 25.9. The van der Waals surface area contributed by atoms with Crippen molar-refractivity contribution in [1.29, 1.82) is 0 Å². The van der Waals surface area contributed by atoms with Crippen LogP contribution in [0.5, 0.6) is 0 Å². The monoisotopic (exact) mass is 490 g/mol. The van der Waals surface area contributed by atoms with Gasteiger partial charge in [-0.1, -0.05) is 12.8 Å². The Morgan fingerprint density at radius 3 is 2.26 bits per heavy atom. The molecule has 0 bridgehead atoms. The molecule has 3 fully saturated rings. The van der Waals surface area contributed by atoms with E-state index in [0.29, 0.717) is 13.0 Å². The zero-order valence-electron chi connectivity index (χ0n) is 18.8. The third-order valence-electron chi connectivity index (χ3n) is 6.28. The van der Waals surface area contributed by atoms with E-state index in [1.807, 2.05) is 0 Å². The van der Waals surface area contributed by atoms with Crippen LogP contribution in [0.2, 0.25) is 0 Å². The van der Waals surface area contributed by atoms with E-state index in [2.05, 4.69) is 26.0 Å². The number of carbonyl (C=O) groups is 5. The highest BCUT2D eigenvalue weighted by Crippen LogP contribution is 2.35. The number of ketones is 1. The number of hydrogen-bond donors (Lipinski definition) is 4. The van der Waals surface area contributed by atoms with Gasteiger partial charge in [0.2, 0.25) is 11.8 Å². The van der Waals surface area contributed by atoms with Gasteiger partial charge in [0.05, 0.1) is 6.04 Å². The highest BCUT2D eigenvalue weighted by molar-refractivity contribution is 6.35. The Balaban J connectivity index is 1.65. The molecule has 2 unspecified atom stereocenters. The van der Waals surface area contributed by atoms with Crippen molar-refractivity contribution in [2.75, 3.05) is 13.2 Å². The summed E-state index contributed by atoms with van der Waals surface area (Å²) in [4.78, 5) is 61.8. The van der Waals surface area contributed by atoms with E-state index in [0.717, 1.165) is 25.7 Å². The second-order valence-electron chi connectivity index (χ2n) is 9.49. The fourth-order valence-electron chi connectivity index (χ4n) is 3.74. The third-order valence-corrected chi connectivity index (χ3v) is 6.28. The van der Waals surface area contributed by atoms with E-state index in [1.165, 1.54) is 0 Å². The molecule has 13 heteroatoms. The van der Waals surface area contributed by atoms with Crippen molar-refractivity contribution < 1.29 is 41.9 Å². The van der Waals surface area contributed by atoms with Gasteiger partial charge in [0.15, 0.2) is 5.78 Å². The molecule has 4 amide bonds. The zero-order valence-corrected chi connectivity index (χ0v) is 18.8.